The molecule has 2 aliphatic heterocycles. The molecule has 1 spiro atoms. The number of aromatic nitrogens is 2. The second-order valence-corrected chi connectivity index (χ2v) is 9.50. The molecule has 8 nitrogen and oxygen atoms in total. The molecule has 0 aliphatic carbocycles. The van der Waals surface area contributed by atoms with Crippen LogP contribution in [-0.4, -0.2) is 59.3 Å². The van der Waals surface area contributed by atoms with Crippen LogP contribution in [0.25, 0.3) is 21.8 Å². The number of carboxylic acids is 1. The highest BCUT2D eigenvalue weighted by molar-refractivity contribution is 7.13. The number of pyridine rings is 1. The molecule has 4 N–H and O–H groups in total. The van der Waals surface area contributed by atoms with Crippen molar-refractivity contribution in [1.29, 1.82) is 0 Å². The van der Waals surface area contributed by atoms with Gasteiger partial charge in [-0.1, -0.05) is 29.8 Å². The molecule has 2 aromatic heterocycles. The summed E-state index contributed by atoms with van der Waals surface area (Å²) in [7, 11) is 0. The van der Waals surface area contributed by atoms with Crippen LogP contribution < -0.4 is 16.0 Å². The molecule has 0 saturated carbocycles. The summed E-state index contributed by atoms with van der Waals surface area (Å²) in [5.41, 5.74) is 9.51. The maximum absolute atomic E-state index is 11.9. The number of aliphatic carboxylic acids is 1. The number of primary amides is 1. The normalized spacial score (nSPS) is 16.1. The Morgan fingerprint density at radius 2 is 1.86 bits per heavy atom. The van der Waals surface area contributed by atoms with Gasteiger partial charge in [0.05, 0.1) is 17.6 Å². The standard InChI is InChI=1S/C20H18ClN5OS.C2HF3O2/c21-15-4-2-1-3-13(15)16-7-28-19(25-16)14-5-12(6-24-17(14)18(22)27)26-10-20(11-26)8-23-9-20;3-2(4,5)1(6)7/h1-7,23H,8-11H2,(H2,22,27);(H,6,7). The second kappa shape index (κ2) is 9.44. The first-order valence-electron chi connectivity index (χ1n) is 10.3. The van der Waals surface area contributed by atoms with Gasteiger partial charge in [0.25, 0.3) is 5.91 Å². The lowest BCUT2D eigenvalue weighted by Crippen LogP contribution is -2.71. The fourth-order valence-corrected chi connectivity index (χ4v) is 4.89. The Morgan fingerprint density at radius 3 is 2.40 bits per heavy atom. The summed E-state index contributed by atoms with van der Waals surface area (Å²) in [6, 6.07) is 9.54. The first-order valence-corrected chi connectivity index (χ1v) is 11.5. The fourth-order valence-electron chi connectivity index (χ4n) is 3.82. The van der Waals surface area contributed by atoms with Crippen molar-refractivity contribution < 1.29 is 27.9 Å². The van der Waals surface area contributed by atoms with Crippen molar-refractivity contribution in [2.75, 3.05) is 31.1 Å². The molecular formula is C22H19ClF3N5O3S. The van der Waals surface area contributed by atoms with Crippen LogP contribution >= 0.6 is 22.9 Å². The minimum absolute atomic E-state index is 0.240. The van der Waals surface area contributed by atoms with Crippen molar-refractivity contribution in [3.63, 3.8) is 0 Å². The molecule has 1 aromatic carbocycles. The lowest BCUT2D eigenvalue weighted by Gasteiger charge is -2.57. The molecule has 1 amide bonds. The Labute approximate surface area is 206 Å². The molecule has 0 radical (unpaired) electrons. The molecule has 0 unspecified atom stereocenters. The van der Waals surface area contributed by atoms with Crippen molar-refractivity contribution in [1.82, 2.24) is 15.3 Å². The molecule has 0 bridgehead atoms. The topological polar surface area (TPSA) is 121 Å². The minimum Gasteiger partial charge on any atom is -0.475 e. The number of alkyl halides is 3. The number of hydrogen-bond acceptors (Lipinski definition) is 7. The van der Waals surface area contributed by atoms with Crippen molar-refractivity contribution in [2.45, 2.75) is 6.18 Å². The van der Waals surface area contributed by atoms with Gasteiger partial charge in [0, 0.05) is 53.1 Å². The van der Waals surface area contributed by atoms with Crippen LogP contribution in [0.5, 0.6) is 0 Å². The number of carboxylic acid groups (broad SMARTS) is 1. The van der Waals surface area contributed by atoms with Crippen LogP contribution in [0.2, 0.25) is 5.02 Å². The zero-order chi connectivity index (χ0) is 25.4. The highest BCUT2D eigenvalue weighted by atomic mass is 35.5. The monoisotopic (exact) mass is 525 g/mol. The van der Waals surface area contributed by atoms with Gasteiger partial charge in [0.2, 0.25) is 0 Å². The number of carbonyl (C=O) groups excluding carboxylic acids is 1. The van der Waals surface area contributed by atoms with Gasteiger partial charge >= 0.3 is 12.1 Å². The summed E-state index contributed by atoms with van der Waals surface area (Å²) in [5, 5.41) is 13.7. The Balaban J connectivity index is 0.000000364. The largest absolute Gasteiger partial charge is 0.490 e. The Bertz CT molecular complexity index is 1270. The van der Waals surface area contributed by atoms with E-state index in [-0.39, 0.29) is 5.69 Å². The van der Waals surface area contributed by atoms with Crippen molar-refractivity contribution in [3.05, 3.63) is 52.6 Å². The number of anilines is 1. The predicted molar refractivity (Wildman–Crippen MR) is 126 cm³/mol. The van der Waals surface area contributed by atoms with E-state index < -0.39 is 18.1 Å². The van der Waals surface area contributed by atoms with Gasteiger partial charge < -0.3 is 21.1 Å². The molecule has 4 heterocycles. The maximum Gasteiger partial charge on any atom is 0.490 e. The summed E-state index contributed by atoms with van der Waals surface area (Å²) < 4.78 is 31.7. The number of nitrogens with zero attached hydrogens (tertiary/aromatic N) is 3. The Kier molecular flexibility index (Phi) is 6.71. The van der Waals surface area contributed by atoms with Gasteiger partial charge in [-0.3, -0.25) is 4.79 Å². The average molecular weight is 526 g/mol. The minimum atomic E-state index is -5.08. The third-order valence-electron chi connectivity index (χ3n) is 5.65. The second-order valence-electron chi connectivity index (χ2n) is 8.23. The number of rotatable bonds is 4. The van der Waals surface area contributed by atoms with E-state index in [1.165, 1.54) is 11.3 Å². The van der Waals surface area contributed by atoms with E-state index in [0.29, 0.717) is 21.0 Å². The molecule has 2 saturated heterocycles. The summed E-state index contributed by atoms with van der Waals surface area (Å²) >= 11 is 7.75. The van der Waals surface area contributed by atoms with E-state index in [4.69, 9.17) is 32.2 Å². The van der Waals surface area contributed by atoms with Gasteiger partial charge in [-0.15, -0.1) is 11.3 Å². The molecular weight excluding hydrogens is 507 g/mol. The fraction of sp³-hybridized carbons (Fsp3) is 0.273. The van der Waals surface area contributed by atoms with E-state index >= 15 is 0 Å². The third kappa shape index (κ3) is 5.24. The van der Waals surface area contributed by atoms with E-state index in [9.17, 15) is 18.0 Å². The molecule has 35 heavy (non-hydrogen) atoms. The van der Waals surface area contributed by atoms with Crippen molar-refractivity contribution in [3.8, 4) is 21.8 Å². The van der Waals surface area contributed by atoms with Crippen LogP contribution in [0, 0.1) is 5.41 Å². The summed E-state index contributed by atoms with van der Waals surface area (Å²) in [4.78, 5) is 32.2. The number of carbonyl (C=O) groups is 2. The van der Waals surface area contributed by atoms with Crippen LogP contribution in [0.1, 0.15) is 10.5 Å². The first kappa shape index (κ1) is 24.9. The number of hydrogen-bond donors (Lipinski definition) is 3. The highest BCUT2D eigenvalue weighted by Gasteiger charge is 2.47. The summed E-state index contributed by atoms with van der Waals surface area (Å²) in [6.45, 7) is 4.13. The Morgan fingerprint density at radius 1 is 1.20 bits per heavy atom. The number of halogens is 4. The van der Waals surface area contributed by atoms with Gasteiger partial charge in [0.1, 0.15) is 10.7 Å². The molecule has 184 valence electrons. The zero-order valence-corrected chi connectivity index (χ0v) is 19.5. The maximum atomic E-state index is 11.9. The summed E-state index contributed by atoms with van der Waals surface area (Å²) in [6.07, 6.45) is -3.36. The summed E-state index contributed by atoms with van der Waals surface area (Å²) in [5.74, 6) is -3.31. The molecule has 2 aliphatic rings. The van der Waals surface area contributed by atoms with Gasteiger partial charge in [0.15, 0.2) is 0 Å². The SMILES string of the molecule is NC(=O)c1ncc(N2CC3(CNC3)C2)cc1-c1nc(-c2ccccc2Cl)cs1.O=C(O)C(F)(F)F. The van der Waals surface area contributed by atoms with E-state index in [2.05, 4.69) is 15.2 Å². The smallest absolute Gasteiger partial charge is 0.475 e. The van der Waals surface area contributed by atoms with Gasteiger partial charge in [-0.25, -0.2) is 14.8 Å². The van der Waals surface area contributed by atoms with Gasteiger partial charge in [-0.05, 0) is 12.1 Å². The number of amides is 1. The van der Waals surface area contributed by atoms with Crippen LogP contribution in [0.3, 0.4) is 0 Å². The Hall–Kier alpha value is -3.22. The predicted octanol–water partition coefficient (Wildman–Crippen LogP) is 3.67. The molecule has 3 aromatic rings. The lowest BCUT2D eigenvalue weighted by molar-refractivity contribution is -0.192. The number of nitrogens with one attached hydrogen (secondary N) is 1. The average Bonchev–Trinajstić information content (AvgIpc) is 3.21. The van der Waals surface area contributed by atoms with Crippen molar-refractivity contribution in [2.24, 2.45) is 11.1 Å². The zero-order valence-electron chi connectivity index (χ0n) is 18.0. The number of benzene rings is 1. The van der Waals surface area contributed by atoms with Crippen LogP contribution in [-0.2, 0) is 4.79 Å². The van der Waals surface area contributed by atoms with Crippen LogP contribution in [0.15, 0.2) is 41.9 Å². The molecule has 2 fully saturated rings. The van der Waals surface area contributed by atoms with E-state index in [1.807, 2.05) is 35.7 Å². The third-order valence-corrected chi connectivity index (χ3v) is 6.86. The number of nitrogens with two attached hydrogens (primary N) is 1. The van der Waals surface area contributed by atoms with E-state index in [1.54, 1.807) is 6.20 Å². The van der Waals surface area contributed by atoms with Crippen LogP contribution in [0.4, 0.5) is 18.9 Å². The quantitative estimate of drug-likeness (QED) is 0.475. The van der Waals surface area contributed by atoms with Gasteiger partial charge in [-0.2, -0.15) is 13.2 Å². The first-order chi connectivity index (χ1) is 16.5. The molecule has 5 rings (SSSR count). The molecule has 13 heteroatoms. The lowest BCUT2D eigenvalue weighted by atomic mass is 9.74. The van der Waals surface area contributed by atoms with E-state index in [0.717, 1.165) is 43.1 Å². The molecule has 0 atom stereocenters. The highest BCUT2D eigenvalue weighted by Crippen LogP contribution is 2.40. The number of thiazole rings is 1. The van der Waals surface area contributed by atoms with Crippen molar-refractivity contribution >= 4 is 40.5 Å².